The first kappa shape index (κ1) is 11.9. The lowest BCUT2D eigenvalue weighted by Gasteiger charge is -2.43. The Bertz CT molecular complexity index is 184. The van der Waals surface area contributed by atoms with E-state index in [1.165, 1.54) is 0 Å². The molecule has 1 heterocycles. The summed E-state index contributed by atoms with van der Waals surface area (Å²) in [6.45, 7) is 6.11. The fourth-order valence-corrected chi connectivity index (χ4v) is 1.95. The van der Waals surface area contributed by atoms with Crippen molar-refractivity contribution in [2.45, 2.75) is 45.2 Å². The largest absolute Gasteiger partial charge is 0.390 e. The van der Waals surface area contributed by atoms with Crippen LogP contribution in [-0.4, -0.2) is 41.2 Å². The standard InChI is InChI=1S/C10H21NO3/c1-5(2)10-9(13)6(3)8(12)7(4-11)14-10/h5-10,12-13H,4,11H2,1-3H3/t6-,7+,8-,9+,10-/m0/s1. The third-order valence-corrected chi connectivity index (χ3v) is 3.02. The van der Waals surface area contributed by atoms with Crippen LogP contribution < -0.4 is 5.73 Å². The van der Waals surface area contributed by atoms with E-state index in [0.717, 1.165) is 0 Å². The van der Waals surface area contributed by atoms with E-state index < -0.39 is 12.2 Å². The minimum atomic E-state index is -0.662. The smallest absolute Gasteiger partial charge is 0.0964 e. The summed E-state index contributed by atoms with van der Waals surface area (Å²) in [4.78, 5) is 0. The Morgan fingerprint density at radius 3 is 2.29 bits per heavy atom. The van der Waals surface area contributed by atoms with Gasteiger partial charge in [-0.05, 0) is 5.92 Å². The summed E-state index contributed by atoms with van der Waals surface area (Å²) in [5.41, 5.74) is 5.50. The van der Waals surface area contributed by atoms with Crippen molar-refractivity contribution in [1.82, 2.24) is 0 Å². The van der Waals surface area contributed by atoms with Gasteiger partial charge in [-0.1, -0.05) is 20.8 Å². The average molecular weight is 203 g/mol. The SMILES string of the molecule is CC(C)[C@@H]1O[C@H](CN)[C@@H](O)[C@H](C)[C@H]1O. The van der Waals surface area contributed by atoms with Gasteiger partial charge in [0.25, 0.3) is 0 Å². The monoisotopic (exact) mass is 203 g/mol. The molecule has 0 unspecified atom stereocenters. The van der Waals surface area contributed by atoms with Gasteiger partial charge in [-0.3, -0.25) is 0 Å². The van der Waals surface area contributed by atoms with Crippen LogP contribution in [0.3, 0.4) is 0 Å². The van der Waals surface area contributed by atoms with Gasteiger partial charge in [-0.25, -0.2) is 0 Å². The molecule has 0 aromatic carbocycles. The highest BCUT2D eigenvalue weighted by Gasteiger charge is 2.42. The van der Waals surface area contributed by atoms with Gasteiger partial charge in [0.2, 0.25) is 0 Å². The van der Waals surface area contributed by atoms with Gasteiger partial charge < -0.3 is 20.7 Å². The summed E-state index contributed by atoms with van der Waals surface area (Å²) < 4.78 is 5.57. The predicted molar refractivity (Wildman–Crippen MR) is 53.7 cm³/mol. The van der Waals surface area contributed by atoms with Crippen LogP contribution in [0.15, 0.2) is 0 Å². The number of nitrogens with two attached hydrogens (primary N) is 1. The fraction of sp³-hybridized carbons (Fsp3) is 1.00. The minimum Gasteiger partial charge on any atom is -0.390 e. The lowest BCUT2D eigenvalue weighted by molar-refractivity contribution is -0.204. The normalized spacial score (nSPS) is 44.4. The third kappa shape index (κ3) is 2.08. The van der Waals surface area contributed by atoms with Gasteiger partial charge in [-0.2, -0.15) is 0 Å². The van der Waals surface area contributed by atoms with Crippen molar-refractivity contribution in [3.05, 3.63) is 0 Å². The van der Waals surface area contributed by atoms with Crippen LogP contribution in [0.4, 0.5) is 0 Å². The molecule has 14 heavy (non-hydrogen) atoms. The second kappa shape index (κ2) is 4.57. The second-order valence-electron chi connectivity index (χ2n) is 4.46. The molecule has 4 heteroatoms. The highest BCUT2D eigenvalue weighted by Crippen LogP contribution is 2.29. The van der Waals surface area contributed by atoms with E-state index in [1.54, 1.807) is 0 Å². The summed E-state index contributed by atoms with van der Waals surface area (Å²) in [5, 5.41) is 19.6. The molecule has 1 aliphatic heterocycles. The van der Waals surface area contributed by atoms with Crippen molar-refractivity contribution in [2.75, 3.05) is 6.54 Å². The maximum atomic E-state index is 9.87. The highest BCUT2D eigenvalue weighted by molar-refractivity contribution is 4.91. The quantitative estimate of drug-likeness (QED) is 0.577. The summed E-state index contributed by atoms with van der Waals surface area (Å²) in [5.74, 6) is 0.0544. The van der Waals surface area contributed by atoms with Gasteiger partial charge in [0.05, 0.1) is 24.4 Å². The molecule has 1 aliphatic rings. The van der Waals surface area contributed by atoms with Gasteiger partial charge in [0.1, 0.15) is 0 Å². The Morgan fingerprint density at radius 1 is 1.29 bits per heavy atom. The van der Waals surface area contributed by atoms with Crippen molar-refractivity contribution in [3.8, 4) is 0 Å². The number of hydrogen-bond donors (Lipinski definition) is 3. The van der Waals surface area contributed by atoms with Gasteiger partial charge in [0.15, 0.2) is 0 Å². The maximum absolute atomic E-state index is 9.87. The molecule has 84 valence electrons. The number of rotatable bonds is 2. The molecule has 5 atom stereocenters. The molecule has 1 saturated heterocycles. The van der Waals surface area contributed by atoms with E-state index in [1.807, 2.05) is 20.8 Å². The molecular weight excluding hydrogens is 182 g/mol. The van der Waals surface area contributed by atoms with Gasteiger partial charge >= 0.3 is 0 Å². The van der Waals surface area contributed by atoms with Crippen molar-refractivity contribution >= 4 is 0 Å². The maximum Gasteiger partial charge on any atom is 0.0964 e. The molecule has 4 N–H and O–H groups in total. The number of ether oxygens (including phenoxy) is 1. The molecule has 0 aromatic rings. The molecule has 4 nitrogen and oxygen atoms in total. The third-order valence-electron chi connectivity index (χ3n) is 3.02. The van der Waals surface area contributed by atoms with Gasteiger partial charge in [-0.15, -0.1) is 0 Å². The van der Waals surface area contributed by atoms with Crippen LogP contribution in [0.25, 0.3) is 0 Å². The van der Waals surface area contributed by atoms with E-state index >= 15 is 0 Å². The Kier molecular flexibility index (Phi) is 3.89. The lowest BCUT2D eigenvalue weighted by atomic mass is 9.84. The molecule has 0 aromatic heterocycles. The van der Waals surface area contributed by atoms with E-state index in [-0.39, 0.29) is 24.0 Å². The molecule has 0 amide bonds. The van der Waals surface area contributed by atoms with Crippen molar-refractivity contribution in [2.24, 2.45) is 17.6 Å². The number of hydrogen-bond acceptors (Lipinski definition) is 4. The van der Waals surface area contributed by atoms with Crippen LogP contribution >= 0.6 is 0 Å². The van der Waals surface area contributed by atoms with Gasteiger partial charge in [0, 0.05) is 12.5 Å². The second-order valence-corrected chi connectivity index (χ2v) is 4.46. The van der Waals surface area contributed by atoms with Crippen LogP contribution in [0.2, 0.25) is 0 Å². The Labute approximate surface area is 85.1 Å². The van der Waals surface area contributed by atoms with E-state index in [9.17, 15) is 10.2 Å². The predicted octanol–water partition coefficient (Wildman–Crippen LogP) is -0.274. The molecule has 0 saturated carbocycles. The minimum absolute atomic E-state index is 0.176. The zero-order valence-electron chi connectivity index (χ0n) is 9.05. The number of aliphatic hydroxyl groups excluding tert-OH is 2. The Morgan fingerprint density at radius 2 is 1.86 bits per heavy atom. The molecule has 1 rings (SSSR count). The molecular formula is C10H21NO3. The van der Waals surface area contributed by atoms with Crippen molar-refractivity contribution < 1.29 is 14.9 Å². The highest BCUT2D eigenvalue weighted by atomic mass is 16.5. The summed E-state index contributed by atoms with van der Waals surface area (Å²) in [6, 6.07) is 0. The molecule has 0 radical (unpaired) electrons. The zero-order valence-corrected chi connectivity index (χ0v) is 9.05. The summed E-state index contributed by atoms with van der Waals surface area (Å²) in [6.07, 6.45) is -1.83. The van der Waals surface area contributed by atoms with Crippen LogP contribution in [0.5, 0.6) is 0 Å². The van der Waals surface area contributed by atoms with E-state index in [2.05, 4.69) is 0 Å². The molecule has 0 spiro atoms. The lowest BCUT2D eigenvalue weighted by Crippen LogP contribution is -2.56. The molecule has 1 fully saturated rings. The first-order valence-corrected chi connectivity index (χ1v) is 5.20. The molecule has 0 aliphatic carbocycles. The Balaban J connectivity index is 2.73. The van der Waals surface area contributed by atoms with Crippen molar-refractivity contribution in [3.63, 3.8) is 0 Å². The first-order chi connectivity index (χ1) is 6.49. The van der Waals surface area contributed by atoms with E-state index in [0.29, 0.717) is 6.54 Å². The van der Waals surface area contributed by atoms with Crippen LogP contribution in [-0.2, 0) is 4.74 Å². The van der Waals surface area contributed by atoms with E-state index in [4.69, 9.17) is 10.5 Å². The zero-order chi connectivity index (χ0) is 10.9. The topological polar surface area (TPSA) is 75.7 Å². The van der Waals surface area contributed by atoms with Crippen molar-refractivity contribution in [1.29, 1.82) is 0 Å². The fourth-order valence-electron chi connectivity index (χ4n) is 1.95. The first-order valence-electron chi connectivity index (χ1n) is 5.20. The Hall–Kier alpha value is -0.160. The molecule has 0 bridgehead atoms. The summed E-state index contributed by atoms with van der Waals surface area (Å²) >= 11 is 0. The van der Waals surface area contributed by atoms with Crippen LogP contribution in [0, 0.1) is 11.8 Å². The van der Waals surface area contributed by atoms with Crippen LogP contribution in [0.1, 0.15) is 20.8 Å². The number of aliphatic hydroxyl groups is 2. The summed E-state index contributed by atoms with van der Waals surface area (Å²) in [7, 11) is 0. The average Bonchev–Trinajstić information content (AvgIpc) is 2.14.